The first-order valence-corrected chi connectivity index (χ1v) is 20.6. The Morgan fingerprint density at radius 1 is 0.500 bits per heavy atom. The van der Waals surface area contributed by atoms with Crippen molar-refractivity contribution in [2.75, 3.05) is 0 Å². The van der Waals surface area contributed by atoms with Crippen molar-refractivity contribution in [1.82, 2.24) is 0 Å². The zero-order valence-corrected chi connectivity index (χ0v) is 18.0. The van der Waals surface area contributed by atoms with Crippen LogP contribution in [0.25, 0.3) is 0 Å². The Hall–Kier alpha value is 1.92. The van der Waals surface area contributed by atoms with E-state index in [0.717, 1.165) is 0 Å². The summed E-state index contributed by atoms with van der Waals surface area (Å²) in [4.78, 5) is 0. The fraction of sp³-hybridized carbons (Fsp3) is 1.00. The second-order valence-corrected chi connectivity index (χ2v) is 34.6. The van der Waals surface area contributed by atoms with Crippen LogP contribution in [0.15, 0.2) is 0 Å². The molecule has 0 N–H and O–H groups in total. The Bertz CT molecular complexity index is 170. The molecule has 0 atom stereocenters. The topological polar surface area (TPSA) is 0 Å². The van der Waals surface area contributed by atoms with Gasteiger partial charge in [-0.2, -0.15) is 0 Å². The van der Waals surface area contributed by atoms with E-state index in [1.54, 1.807) is 0 Å². The van der Waals surface area contributed by atoms with Crippen LogP contribution in [0.5, 0.6) is 0 Å². The van der Waals surface area contributed by atoms with Crippen molar-refractivity contribution in [3.63, 3.8) is 0 Å². The molecular weight excluding hydrogens is 355 g/mol. The summed E-state index contributed by atoms with van der Waals surface area (Å²) in [6.45, 7) is 21.2. The Balaban J connectivity index is 4.53. The summed E-state index contributed by atoms with van der Waals surface area (Å²) in [5, 5.41) is 0. The van der Waals surface area contributed by atoms with Crippen molar-refractivity contribution >= 4 is 42.8 Å². The second kappa shape index (κ2) is 6.38. The standard InChI is InChI=1S/3C4H10S.In/c3*1-4(2,3)5;/h3*5H,1-3H3;/q;;;+3/p-3. The molecule has 96 valence electrons. The van der Waals surface area contributed by atoms with Crippen LogP contribution in [0, 0.1) is 0 Å². The van der Waals surface area contributed by atoms with Crippen LogP contribution in [0.1, 0.15) is 62.3 Å². The van der Waals surface area contributed by atoms with Crippen molar-refractivity contribution < 1.29 is 0 Å². The van der Waals surface area contributed by atoms with Crippen LogP contribution in [-0.4, -0.2) is 31.3 Å². The predicted molar refractivity (Wildman–Crippen MR) is 87.8 cm³/mol. The monoisotopic (exact) mass is 382 g/mol. The molecule has 0 saturated carbocycles. The van der Waals surface area contributed by atoms with E-state index in [1.807, 2.05) is 0 Å². The molecule has 0 aliphatic heterocycles. The van der Waals surface area contributed by atoms with Crippen LogP contribution in [0.3, 0.4) is 0 Å². The van der Waals surface area contributed by atoms with Crippen molar-refractivity contribution in [1.29, 1.82) is 0 Å². The third kappa shape index (κ3) is 12.4. The summed E-state index contributed by atoms with van der Waals surface area (Å²) in [5.74, 6) is 0. The predicted octanol–water partition coefficient (Wildman–Crippen LogP) is 5.57. The molecule has 0 aromatic rings. The van der Waals surface area contributed by atoms with E-state index in [2.05, 4.69) is 88.1 Å². The van der Waals surface area contributed by atoms with Gasteiger partial charge in [-0.25, -0.2) is 0 Å². The molecule has 0 heterocycles. The second-order valence-electron chi connectivity index (χ2n) is 6.98. The molecule has 0 unspecified atom stereocenters. The maximum atomic E-state index is 2.36. The average molecular weight is 382 g/mol. The van der Waals surface area contributed by atoms with Gasteiger partial charge in [-0.05, 0) is 0 Å². The van der Waals surface area contributed by atoms with E-state index in [0.29, 0.717) is 14.2 Å². The van der Waals surface area contributed by atoms with Gasteiger partial charge < -0.3 is 0 Å². The zero-order valence-electron chi connectivity index (χ0n) is 12.3. The summed E-state index contributed by atoms with van der Waals surface area (Å²) in [6.07, 6.45) is 0. The van der Waals surface area contributed by atoms with Crippen LogP contribution in [0.4, 0.5) is 0 Å². The molecule has 0 saturated heterocycles. The maximum absolute atomic E-state index is 2.36. The van der Waals surface area contributed by atoms with Gasteiger partial charge in [0.05, 0.1) is 0 Å². The van der Waals surface area contributed by atoms with Gasteiger partial charge in [0.1, 0.15) is 0 Å². The molecule has 0 amide bonds. The van der Waals surface area contributed by atoms with Gasteiger partial charge in [0.25, 0.3) is 0 Å². The first kappa shape index (κ1) is 17.9. The molecular formula is C12H27InS3. The van der Waals surface area contributed by atoms with Crippen molar-refractivity contribution in [3.05, 3.63) is 0 Å². The summed E-state index contributed by atoms with van der Waals surface area (Å²) < 4.78 is 1.28. The summed E-state index contributed by atoms with van der Waals surface area (Å²) in [7, 11) is 6.87. The molecule has 0 aromatic heterocycles. The van der Waals surface area contributed by atoms with E-state index in [1.165, 1.54) is 0 Å². The van der Waals surface area contributed by atoms with Gasteiger partial charge in [0.2, 0.25) is 0 Å². The van der Waals surface area contributed by atoms with Gasteiger partial charge in [0.15, 0.2) is 0 Å². The SMILES string of the molecule is CC(C)(C)[S][In]([S]C(C)(C)C)[S]C(C)(C)C. The molecule has 0 bridgehead atoms. The molecule has 0 rings (SSSR count). The van der Waals surface area contributed by atoms with Crippen LogP contribution < -0.4 is 0 Å². The third-order valence-corrected chi connectivity index (χ3v) is 38.8. The molecule has 4 heteroatoms. The molecule has 0 aliphatic rings. The van der Waals surface area contributed by atoms with E-state index < -0.39 is 17.1 Å². The Labute approximate surface area is 118 Å². The van der Waals surface area contributed by atoms with Gasteiger partial charge in [0, 0.05) is 0 Å². The van der Waals surface area contributed by atoms with Crippen LogP contribution in [0.2, 0.25) is 0 Å². The Kier molecular flexibility index (Phi) is 7.15. The van der Waals surface area contributed by atoms with Gasteiger partial charge in [-0.15, -0.1) is 0 Å². The summed E-state index contributed by atoms with van der Waals surface area (Å²) in [6, 6.07) is 0. The number of hydrogen-bond donors (Lipinski definition) is 0. The molecule has 0 aliphatic carbocycles. The van der Waals surface area contributed by atoms with Crippen molar-refractivity contribution in [2.24, 2.45) is 0 Å². The minimum atomic E-state index is -1.61. The van der Waals surface area contributed by atoms with E-state index >= 15 is 0 Å². The number of hydrogen-bond acceptors (Lipinski definition) is 3. The molecule has 0 fully saturated rings. The molecule has 0 aromatic carbocycles. The van der Waals surface area contributed by atoms with E-state index in [-0.39, 0.29) is 0 Å². The fourth-order valence-electron chi connectivity index (χ4n) is 0.938. The summed E-state index contributed by atoms with van der Waals surface area (Å²) >= 11 is -1.61. The Morgan fingerprint density at radius 3 is 0.812 bits per heavy atom. The third-order valence-electron chi connectivity index (χ3n) is 1.35. The van der Waals surface area contributed by atoms with E-state index in [4.69, 9.17) is 0 Å². The minimum absolute atomic E-state index is 0.428. The molecule has 0 nitrogen and oxygen atoms in total. The number of rotatable bonds is 3. The Morgan fingerprint density at radius 2 is 0.688 bits per heavy atom. The van der Waals surface area contributed by atoms with E-state index in [9.17, 15) is 0 Å². The first-order valence-electron chi connectivity index (χ1n) is 5.82. The van der Waals surface area contributed by atoms with Gasteiger partial charge in [-0.3, -0.25) is 0 Å². The van der Waals surface area contributed by atoms with Gasteiger partial charge in [-0.1, -0.05) is 0 Å². The zero-order chi connectivity index (χ0) is 13.2. The van der Waals surface area contributed by atoms with Crippen molar-refractivity contribution in [2.45, 2.75) is 76.6 Å². The molecule has 0 spiro atoms. The van der Waals surface area contributed by atoms with Gasteiger partial charge >= 0.3 is 119 Å². The fourth-order valence-corrected chi connectivity index (χ4v) is 56.6. The molecule has 0 radical (unpaired) electrons. The normalized spacial score (nSPS) is 14.1. The average Bonchev–Trinajstić information content (AvgIpc) is 1.70. The van der Waals surface area contributed by atoms with Crippen LogP contribution >= 0.6 is 25.8 Å². The first-order chi connectivity index (χ1) is 6.79. The van der Waals surface area contributed by atoms with Crippen molar-refractivity contribution in [3.8, 4) is 0 Å². The quantitative estimate of drug-likeness (QED) is 0.627. The summed E-state index contributed by atoms with van der Waals surface area (Å²) in [5.41, 5.74) is 0. The molecule has 16 heavy (non-hydrogen) atoms. The van der Waals surface area contributed by atoms with Crippen LogP contribution in [-0.2, 0) is 0 Å².